The van der Waals surface area contributed by atoms with E-state index in [1.54, 1.807) is 18.2 Å². The average Bonchev–Trinajstić information content (AvgIpc) is 2.37. The van der Waals surface area contributed by atoms with Gasteiger partial charge in [0.25, 0.3) is 0 Å². The van der Waals surface area contributed by atoms with Crippen molar-refractivity contribution in [2.45, 2.75) is 0 Å². The van der Waals surface area contributed by atoms with Gasteiger partial charge >= 0.3 is 10.2 Å². The van der Waals surface area contributed by atoms with Gasteiger partial charge in [-0.3, -0.25) is 4.31 Å². The van der Waals surface area contributed by atoms with Gasteiger partial charge in [0.2, 0.25) is 0 Å². The number of ether oxygens (including phenoxy) is 2. The van der Waals surface area contributed by atoms with Gasteiger partial charge in [0.05, 0.1) is 5.69 Å². The summed E-state index contributed by atoms with van der Waals surface area (Å²) >= 11 is 0. The summed E-state index contributed by atoms with van der Waals surface area (Å²) in [5.41, 5.74) is 0.535. The van der Waals surface area contributed by atoms with Crippen LogP contribution in [0.4, 0.5) is 5.69 Å². The van der Waals surface area contributed by atoms with Crippen LogP contribution in [0, 0.1) is 0 Å². The molecule has 0 aliphatic carbocycles. The number of hydrogen-bond donors (Lipinski definition) is 0. The molecule has 7 heteroatoms. The Hall–Kier alpha value is -1.47. The zero-order chi connectivity index (χ0) is 13.3. The predicted molar refractivity (Wildman–Crippen MR) is 68.4 cm³/mol. The summed E-state index contributed by atoms with van der Waals surface area (Å²) in [7, 11) is 0.994. The second-order valence-corrected chi connectivity index (χ2v) is 6.26. The molecule has 0 aromatic heterocycles. The molecule has 1 aromatic carbocycles. The Balaban J connectivity index is 2.35. The van der Waals surface area contributed by atoms with Crippen LogP contribution in [0.2, 0.25) is 0 Å². The van der Waals surface area contributed by atoms with Crippen molar-refractivity contribution in [3.63, 3.8) is 0 Å². The van der Waals surface area contributed by atoms with Crippen LogP contribution in [0.15, 0.2) is 18.2 Å². The van der Waals surface area contributed by atoms with E-state index in [1.807, 2.05) is 0 Å². The smallest absolute Gasteiger partial charge is 0.303 e. The van der Waals surface area contributed by atoms with Gasteiger partial charge in [0.15, 0.2) is 11.5 Å². The maximum Gasteiger partial charge on any atom is 0.303 e. The van der Waals surface area contributed by atoms with E-state index in [0.717, 1.165) is 4.31 Å². The fraction of sp³-hybridized carbons (Fsp3) is 0.455. The molecule has 0 atom stereocenters. The maximum atomic E-state index is 12.0. The van der Waals surface area contributed by atoms with Crippen molar-refractivity contribution in [1.82, 2.24) is 4.31 Å². The summed E-state index contributed by atoms with van der Waals surface area (Å²) in [5, 5.41) is 0. The summed E-state index contributed by atoms with van der Waals surface area (Å²) in [6.07, 6.45) is 0. The number of fused-ring (bicyclic) bond motifs is 1. The van der Waals surface area contributed by atoms with Crippen molar-refractivity contribution < 1.29 is 17.9 Å². The zero-order valence-corrected chi connectivity index (χ0v) is 11.4. The van der Waals surface area contributed by atoms with Crippen molar-refractivity contribution in [3.8, 4) is 11.5 Å². The molecule has 0 saturated heterocycles. The number of nitrogens with zero attached hydrogens (tertiary/aromatic N) is 2. The molecule has 0 N–H and O–H groups in total. The minimum absolute atomic E-state index is 0.473. The van der Waals surface area contributed by atoms with Gasteiger partial charge in [0, 0.05) is 27.2 Å². The molecule has 1 aromatic rings. The van der Waals surface area contributed by atoms with Gasteiger partial charge in [-0.25, -0.2) is 0 Å². The minimum atomic E-state index is -3.49. The lowest BCUT2D eigenvalue weighted by molar-refractivity contribution is 0.171. The van der Waals surface area contributed by atoms with Crippen LogP contribution in [-0.2, 0) is 10.2 Å². The van der Waals surface area contributed by atoms with Crippen molar-refractivity contribution >= 4 is 15.9 Å². The topological polar surface area (TPSA) is 59.1 Å². The van der Waals surface area contributed by atoms with Crippen LogP contribution in [0.25, 0.3) is 0 Å². The lowest BCUT2D eigenvalue weighted by Gasteiger charge is -2.25. The van der Waals surface area contributed by atoms with E-state index in [1.165, 1.54) is 25.4 Å². The first kappa shape index (κ1) is 13.0. The van der Waals surface area contributed by atoms with Crippen molar-refractivity contribution in [2.24, 2.45) is 0 Å². The van der Waals surface area contributed by atoms with Crippen LogP contribution in [0.5, 0.6) is 11.5 Å². The molecule has 0 bridgehead atoms. The van der Waals surface area contributed by atoms with Gasteiger partial charge in [-0.2, -0.15) is 12.7 Å². The first-order valence-corrected chi connectivity index (χ1v) is 6.88. The summed E-state index contributed by atoms with van der Waals surface area (Å²) in [6.45, 7) is 0.985. The number of anilines is 1. The molecule has 18 heavy (non-hydrogen) atoms. The Bertz CT molecular complexity index is 542. The van der Waals surface area contributed by atoms with Crippen LogP contribution in [0.1, 0.15) is 0 Å². The fourth-order valence-electron chi connectivity index (χ4n) is 1.61. The Morgan fingerprint density at radius 2 is 1.67 bits per heavy atom. The molecule has 1 aliphatic rings. The Morgan fingerprint density at radius 3 is 2.28 bits per heavy atom. The average molecular weight is 272 g/mol. The normalized spacial score (nSPS) is 14.7. The molecule has 6 nitrogen and oxygen atoms in total. The maximum absolute atomic E-state index is 12.0. The van der Waals surface area contributed by atoms with Crippen LogP contribution < -0.4 is 13.8 Å². The third kappa shape index (κ3) is 2.23. The zero-order valence-electron chi connectivity index (χ0n) is 10.6. The van der Waals surface area contributed by atoms with E-state index >= 15 is 0 Å². The molecule has 0 unspecified atom stereocenters. The molecular weight excluding hydrogens is 256 g/mol. The molecular formula is C11H16N2O4S. The molecule has 0 fully saturated rings. The quantitative estimate of drug-likeness (QED) is 0.812. The molecule has 0 amide bonds. The number of benzene rings is 1. The second kappa shape index (κ2) is 4.66. The highest BCUT2D eigenvalue weighted by Gasteiger charge is 2.22. The minimum Gasteiger partial charge on any atom is -0.486 e. The van der Waals surface area contributed by atoms with E-state index in [0.29, 0.717) is 30.4 Å². The molecule has 2 rings (SSSR count). The van der Waals surface area contributed by atoms with E-state index in [-0.39, 0.29) is 0 Å². The third-order valence-corrected chi connectivity index (χ3v) is 4.52. The largest absolute Gasteiger partial charge is 0.486 e. The first-order valence-electron chi connectivity index (χ1n) is 5.49. The van der Waals surface area contributed by atoms with Crippen LogP contribution in [0.3, 0.4) is 0 Å². The van der Waals surface area contributed by atoms with Gasteiger partial charge in [-0.05, 0) is 12.1 Å². The molecule has 0 radical (unpaired) electrons. The van der Waals surface area contributed by atoms with E-state index < -0.39 is 10.2 Å². The van der Waals surface area contributed by atoms with Gasteiger partial charge in [-0.1, -0.05) is 0 Å². The van der Waals surface area contributed by atoms with Crippen molar-refractivity contribution in [3.05, 3.63) is 18.2 Å². The lowest BCUT2D eigenvalue weighted by Crippen LogP contribution is -2.37. The summed E-state index contributed by atoms with van der Waals surface area (Å²) in [6, 6.07) is 5.07. The van der Waals surface area contributed by atoms with Crippen LogP contribution in [-0.4, -0.2) is 47.1 Å². The fourth-order valence-corrected chi connectivity index (χ4v) is 2.48. The first-order chi connectivity index (χ1) is 8.43. The van der Waals surface area contributed by atoms with Crippen molar-refractivity contribution in [1.29, 1.82) is 0 Å². The predicted octanol–water partition coefficient (Wildman–Crippen LogP) is 0.700. The third-order valence-electron chi connectivity index (χ3n) is 2.70. The Labute approximate surface area is 107 Å². The highest BCUT2D eigenvalue weighted by atomic mass is 32.2. The monoisotopic (exact) mass is 272 g/mol. The van der Waals surface area contributed by atoms with Gasteiger partial charge in [0.1, 0.15) is 13.2 Å². The van der Waals surface area contributed by atoms with Gasteiger partial charge < -0.3 is 9.47 Å². The molecule has 1 aliphatic heterocycles. The molecule has 0 spiro atoms. The summed E-state index contributed by atoms with van der Waals surface area (Å²) < 4.78 is 37.1. The second-order valence-electron chi connectivity index (χ2n) is 4.09. The standard InChI is InChI=1S/C11H16N2O4S/c1-12(2)18(14,15)13(3)9-4-5-10-11(8-9)17-7-6-16-10/h4-5,8H,6-7H2,1-3H3. The highest BCUT2D eigenvalue weighted by Crippen LogP contribution is 2.34. The highest BCUT2D eigenvalue weighted by molar-refractivity contribution is 7.90. The molecule has 100 valence electrons. The van der Waals surface area contributed by atoms with E-state index in [4.69, 9.17) is 9.47 Å². The molecule has 0 saturated carbocycles. The summed E-state index contributed by atoms with van der Waals surface area (Å²) in [5.74, 6) is 1.21. The SMILES string of the molecule is CN(C)S(=O)(=O)N(C)c1ccc2c(c1)OCCO2. The van der Waals surface area contributed by atoms with Crippen LogP contribution >= 0.6 is 0 Å². The number of rotatable bonds is 3. The van der Waals surface area contributed by atoms with Crippen molar-refractivity contribution in [2.75, 3.05) is 38.7 Å². The Morgan fingerprint density at radius 1 is 1.06 bits per heavy atom. The Kier molecular flexibility index (Phi) is 3.36. The lowest BCUT2D eigenvalue weighted by atomic mass is 10.2. The van der Waals surface area contributed by atoms with Gasteiger partial charge in [-0.15, -0.1) is 0 Å². The van der Waals surface area contributed by atoms with E-state index in [9.17, 15) is 8.42 Å². The summed E-state index contributed by atoms with van der Waals surface area (Å²) in [4.78, 5) is 0. The number of hydrogen-bond acceptors (Lipinski definition) is 4. The van der Waals surface area contributed by atoms with E-state index in [2.05, 4.69) is 0 Å². The molecule has 1 heterocycles.